The van der Waals surface area contributed by atoms with E-state index in [1.165, 1.54) is 0 Å². The highest BCUT2D eigenvalue weighted by molar-refractivity contribution is 6.62. The minimum Gasteiger partial charge on any atom is -0.461 e. The lowest BCUT2D eigenvalue weighted by Crippen LogP contribution is -2.44. The Hall–Kier alpha value is -1.08. The Morgan fingerprint density at radius 3 is 2.55 bits per heavy atom. The summed E-state index contributed by atoms with van der Waals surface area (Å²) in [4.78, 5) is 12.8. The number of ether oxygens (including phenoxy) is 1. The smallest absolute Gasteiger partial charge is 0.461 e. The van der Waals surface area contributed by atoms with E-state index in [4.69, 9.17) is 25.6 Å². The number of halogens is 1. The summed E-state index contributed by atoms with van der Waals surface area (Å²) in [6.07, 6.45) is 6.70. The average Bonchev–Trinajstić information content (AvgIpc) is 3.34. The fourth-order valence-electron chi connectivity index (χ4n) is 4.74. The maximum atomic E-state index is 12.8. The first kappa shape index (κ1) is 26.5. The quantitative estimate of drug-likeness (QED) is 0.377. The van der Waals surface area contributed by atoms with Gasteiger partial charge in [0.25, 0.3) is 0 Å². The second-order valence-electron chi connectivity index (χ2n) is 10.7. The molecule has 1 heterocycles. The zero-order chi connectivity index (χ0) is 24.2. The summed E-state index contributed by atoms with van der Waals surface area (Å²) in [6, 6.07) is 5.66. The highest BCUT2D eigenvalue weighted by atomic mass is 35.5. The molecule has 0 spiro atoms. The predicted molar refractivity (Wildman–Crippen MR) is 135 cm³/mol. The van der Waals surface area contributed by atoms with Gasteiger partial charge in [0.2, 0.25) is 0 Å². The van der Waals surface area contributed by atoms with Gasteiger partial charge in [-0.05, 0) is 88.7 Å². The molecule has 1 N–H and O–H groups in total. The molecule has 0 radical (unpaired) electrons. The number of benzene rings is 1. The third kappa shape index (κ3) is 6.53. The van der Waals surface area contributed by atoms with Crippen LogP contribution >= 0.6 is 11.6 Å². The molecule has 1 aromatic carbocycles. The molecular formula is C26H41BClNO4. The van der Waals surface area contributed by atoms with Crippen molar-refractivity contribution in [3.8, 4) is 0 Å². The predicted octanol–water partition coefficient (Wildman–Crippen LogP) is 5.06. The van der Waals surface area contributed by atoms with Crippen molar-refractivity contribution in [2.45, 2.75) is 110 Å². The molecule has 0 aromatic heterocycles. The van der Waals surface area contributed by atoms with Crippen LogP contribution in [0.1, 0.15) is 85.6 Å². The van der Waals surface area contributed by atoms with E-state index < -0.39 is 7.12 Å². The Kier molecular flexibility index (Phi) is 8.93. The number of rotatable bonds is 10. The molecule has 0 bridgehead atoms. The zero-order valence-corrected chi connectivity index (χ0v) is 22.0. The van der Waals surface area contributed by atoms with Crippen LogP contribution in [-0.2, 0) is 25.3 Å². The van der Waals surface area contributed by atoms with Crippen LogP contribution in [0.3, 0.4) is 0 Å². The van der Waals surface area contributed by atoms with Gasteiger partial charge in [0.05, 0.1) is 11.2 Å². The second kappa shape index (κ2) is 11.1. The highest BCUT2D eigenvalue weighted by Crippen LogP contribution is 2.39. The van der Waals surface area contributed by atoms with Crippen LogP contribution in [0.25, 0.3) is 0 Å². The van der Waals surface area contributed by atoms with E-state index in [9.17, 15) is 4.79 Å². The standard InChI is InChI=1S/C26H41BClNO4/c1-7-26(6)25(4,5)32-27(33-26)20-12-13-22(28)19(17-20)14-15-29-23(16-18(2)3)24(30)31-21-10-8-9-11-21/h12-13,17-18,21,23,29H,7-11,14-16H2,1-6H3. The number of hydrogen-bond donors (Lipinski definition) is 1. The third-order valence-electron chi connectivity index (χ3n) is 7.42. The lowest BCUT2D eigenvalue weighted by Gasteiger charge is -2.35. The Balaban J connectivity index is 1.62. The number of carbonyl (C=O) groups excluding carboxylic acids is 1. The molecule has 33 heavy (non-hydrogen) atoms. The van der Waals surface area contributed by atoms with Gasteiger partial charge in [-0.1, -0.05) is 44.5 Å². The molecule has 2 atom stereocenters. The molecule has 184 valence electrons. The molecule has 2 unspecified atom stereocenters. The van der Waals surface area contributed by atoms with Crippen LogP contribution in [-0.4, -0.2) is 43.0 Å². The van der Waals surface area contributed by atoms with Crippen LogP contribution < -0.4 is 10.8 Å². The van der Waals surface area contributed by atoms with Gasteiger partial charge < -0.3 is 19.4 Å². The van der Waals surface area contributed by atoms with Gasteiger partial charge in [0.1, 0.15) is 12.1 Å². The molecule has 5 nitrogen and oxygen atoms in total. The average molecular weight is 478 g/mol. The van der Waals surface area contributed by atoms with Crippen LogP contribution in [0.4, 0.5) is 0 Å². The molecule has 2 fully saturated rings. The van der Waals surface area contributed by atoms with E-state index in [1.807, 2.05) is 12.1 Å². The largest absolute Gasteiger partial charge is 0.494 e. The fraction of sp³-hybridized carbons (Fsp3) is 0.731. The number of carbonyl (C=O) groups is 1. The molecule has 2 aliphatic rings. The summed E-state index contributed by atoms with van der Waals surface area (Å²) < 4.78 is 18.4. The zero-order valence-electron chi connectivity index (χ0n) is 21.2. The van der Waals surface area contributed by atoms with Crippen LogP contribution in [0.5, 0.6) is 0 Å². The van der Waals surface area contributed by atoms with Crippen molar-refractivity contribution in [2.75, 3.05) is 6.54 Å². The van der Waals surface area contributed by atoms with Crippen LogP contribution in [0.15, 0.2) is 18.2 Å². The van der Waals surface area contributed by atoms with E-state index in [-0.39, 0.29) is 29.3 Å². The molecule has 1 aliphatic carbocycles. The molecule has 7 heteroatoms. The molecular weight excluding hydrogens is 437 g/mol. The SMILES string of the molecule is CCC1(C)OB(c2ccc(Cl)c(CCNC(CC(C)C)C(=O)OC3CCCC3)c2)OC1(C)C. The molecule has 3 rings (SSSR count). The molecule has 1 aromatic rings. The van der Waals surface area contributed by atoms with Gasteiger partial charge in [-0.2, -0.15) is 0 Å². The maximum absolute atomic E-state index is 12.8. The van der Waals surface area contributed by atoms with Crippen molar-refractivity contribution in [2.24, 2.45) is 5.92 Å². The van der Waals surface area contributed by atoms with E-state index in [0.29, 0.717) is 23.9 Å². The van der Waals surface area contributed by atoms with Crippen molar-refractivity contribution in [3.05, 3.63) is 28.8 Å². The topological polar surface area (TPSA) is 56.8 Å². The summed E-state index contributed by atoms with van der Waals surface area (Å²) in [5, 5.41) is 4.14. The Morgan fingerprint density at radius 1 is 1.24 bits per heavy atom. The van der Waals surface area contributed by atoms with Gasteiger partial charge in [-0.3, -0.25) is 4.79 Å². The first-order chi connectivity index (χ1) is 15.5. The summed E-state index contributed by atoms with van der Waals surface area (Å²) >= 11 is 6.52. The van der Waals surface area contributed by atoms with Crippen LogP contribution in [0, 0.1) is 5.92 Å². The van der Waals surface area contributed by atoms with Crippen molar-refractivity contribution in [1.29, 1.82) is 0 Å². The van der Waals surface area contributed by atoms with E-state index in [1.54, 1.807) is 0 Å². The van der Waals surface area contributed by atoms with Gasteiger partial charge in [0.15, 0.2) is 0 Å². The lowest BCUT2D eigenvalue weighted by molar-refractivity contribution is -0.151. The first-order valence-electron chi connectivity index (χ1n) is 12.6. The minimum atomic E-state index is -0.413. The summed E-state index contributed by atoms with van der Waals surface area (Å²) in [6.45, 7) is 13.3. The summed E-state index contributed by atoms with van der Waals surface area (Å²) in [7, 11) is -0.413. The molecule has 0 amide bonds. The Bertz CT molecular complexity index is 811. The fourth-order valence-corrected chi connectivity index (χ4v) is 4.95. The van der Waals surface area contributed by atoms with Crippen LogP contribution in [0.2, 0.25) is 5.02 Å². The molecule has 1 saturated heterocycles. The molecule has 1 aliphatic heterocycles. The van der Waals surface area contributed by atoms with E-state index in [0.717, 1.165) is 49.6 Å². The second-order valence-corrected chi connectivity index (χ2v) is 11.2. The first-order valence-corrected chi connectivity index (χ1v) is 13.0. The lowest BCUT2D eigenvalue weighted by atomic mass is 9.78. The minimum absolute atomic E-state index is 0.0876. The maximum Gasteiger partial charge on any atom is 0.494 e. The molecule has 1 saturated carbocycles. The highest BCUT2D eigenvalue weighted by Gasteiger charge is 2.53. The summed E-state index contributed by atoms with van der Waals surface area (Å²) in [5.74, 6) is 0.280. The van der Waals surface area contributed by atoms with E-state index in [2.05, 4.69) is 52.9 Å². The van der Waals surface area contributed by atoms with Crippen molar-refractivity contribution < 1.29 is 18.8 Å². The monoisotopic (exact) mass is 477 g/mol. The normalized spacial score (nSPS) is 23.9. The third-order valence-corrected chi connectivity index (χ3v) is 7.79. The van der Waals surface area contributed by atoms with Crippen molar-refractivity contribution >= 4 is 30.2 Å². The van der Waals surface area contributed by atoms with Crippen molar-refractivity contribution in [1.82, 2.24) is 5.32 Å². The number of hydrogen-bond acceptors (Lipinski definition) is 5. The van der Waals surface area contributed by atoms with Crippen molar-refractivity contribution in [3.63, 3.8) is 0 Å². The van der Waals surface area contributed by atoms with E-state index >= 15 is 0 Å². The number of esters is 1. The van der Waals surface area contributed by atoms with Gasteiger partial charge >= 0.3 is 13.1 Å². The summed E-state index contributed by atoms with van der Waals surface area (Å²) in [5.41, 5.74) is 1.27. The van der Waals surface area contributed by atoms with Gasteiger partial charge in [-0.25, -0.2) is 0 Å². The number of nitrogens with one attached hydrogen (secondary N) is 1. The Labute approximate surface area is 205 Å². The Morgan fingerprint density at radius 2 is 1.94 bits per heavy atom. The van der Waals surface area contributed by atoms with Gasteiger partial charge in [0, 0.05) is 11.6 Å². The van der Waals surface area contributed by atoms with Gasteiger partial charge in [-0.15, -0.1) is 0 Å².